The van der Waals surface area contributed by atoms with Crippen molar-refractivity contribution in [3.63, 3.8) is 0 Å². The minimum atomic E-state index is -0.765. The van der Waals surface area contributed by atoms with Crippen molar-refractivity contribution in [1.82, 2.24) is 10.2 Å². The van der Waals surface area contributed by atoms with Crippen molar-refractivity contribution in [1.29, 1.82) is 0 Å². The molecule has 3 aromatic carbocycles. The predicted octanol–water partition coefficient (Wildman–Crippen LogP) is 4.63. The molecule has 0 radical (unpaired) electrons. The van der Waals surface area contributed by atoms with E-state index in [1.165, 1.54) is 17.0 Å². The summed E-state index contributed by atoms with van der Waals surface area (Å²) in [5.41, 5.74) is 1.63. The van der Waals surface area contributed by atoms with Crippen LogP contribution in [0, 0.1) is 5.82 Å². The summed E-state index contributed by atoms with van der Waals surface area (Å²) in [5.74, 6) is -0.496. The third-order valence-electron chi connectivity index (χ3n) is 5.06. The Morgan fingerprint density at radius 1 is 0.970 bits per heavy atom. The van der Waals surface area contributed by atoms with E-state index < -0.39 is 6.04 Å². The lowest BCUT2D eigenvalue weighted by Crippen LogP contribution is -2.51. The standard InChI is InChI=1S/C26H26ClFN2O3/c1-2-29-26(32)24(16-19-6-4-3-5-7-19)30(17-20-8-12-22(28)13-9-20)25(31)18-33-23-14-10-21(27)11-15-23/h3-15,24H,2,16-18H2,1H3,(H,29,32). The highest BCUT2D eigenvalue weighted by atomic mass is 35.5. The molecule has 0 spiro atoms. The van der Waals surface area contributed by atoms with E-state index in [4.69, 9.17) is 16.3 Å². The zero-order chi connectivity index (χ0) is 23.6. The molecule has 3 rings (SSSR count). The second kappa shape index (κ2) is 12.0. The van der Waals surface area contributed by atoms with Gasteiger partial charge in [0.25, 0.3) is 5.91 Å². The molecule has 2 amide bonds. The van der Waals surface area contributed by atoms with Crippen LogP contribution < -0.4 is 10.1 Å². The van der Waals surface area contributed by atoms with Crippen LogP contribution in [0.3, 0.4) is 0 Å². The maximum atomic E-state index is 13.4. The molecular formula is C26H26ClFN2O3. The van der Waals surface area contributed by atoms with Gasteiger partial charge in [-0.1, -0.05) is 54.1 Å². The van der Waals surface area contributed by atoms with Gasteiger partial charge < -0.3 is 15.0 Å². The molecule has 0 saturated heterocycles. The largest absolute Gasteiger partial charge is 0.484 e. The number of hydrogen-bond donors (Lipinski definition) is 1. The van der Waals surface area contributed by atoms with Gasteiger partial charge >= 0.3 is 0 Å². The van der Waals surface area contributed by atoms with Crippen molar-refractivity contribution >= 4 is 23.4 Å². The molecule has 5 nitrogen and oxygen atoms in total. The number of carbonyl (C=O) groups excluding carboxylic acids is 2. The second-order valence-electron chi connectivity index (χ2n) is 7.49. The van der Waals surface area contributed by atoms with Gasteiger partial charge in [-0.15, -0.1) is 0 Å². The van der Waals surface area contributed by atoms with Crippen LogP contribution in [-0.2, 0) is 22.6 Å². The highest BCUT2D eigenvalue weighted by Gasteiger charge is 2.30. The van der Waals surface area contributed by atoms with Crippen LogP contribution in [0.1, 0.15) is 18.1 Å². The van der Waals surface area contributed by atoms with Crippen molar-refractivity contribution in [3.05, 3.63) is 101 Å². The summed E-state index contributed by atoms with van der Waals surface area (Å²) in [6.45, 7) is 2.14. The Morgan fingerprint density at radius 3 is 2.27 bits per heavy atom. The summed E-state index contributed by atoms with van der Waals surface area (Å²) in [7, 11) is 0. The van der Waals surface area contributed by atoms with Crippen LogP contribution in [0.4, 0.5) is 4.39 Å². The van der Waals surface area contributed by atoms with E-state index in [1.54, 1.807) is 36.4 Å². The fourth-order valence-corrected chi connectivity index (χ4v) is 3.52. The smallest absolute Gasteiger partial charge is 0.261 e. The van der Waals surface area contributed by atoms with Gasteiger partial charge in [-0.3, -0.25) is 9.59 Å². The van der Waals surface area contributed by atoms with E-state index in [1.807, 2.05) is 37.3 Å². The van der Waals surface area contributed by atoms with Crippen molar-refractivity contribution in [3.8, 4) is 5.75 Å². The summed E-state index contributed by atoms with van der Waals surface area (Å²) >= 11 is 5.91. The fraction of sp³-hybridized carbons (Fsp3) is 0.231. The van der Waals surface area contributed by atoms with Crippen LogP contribution in [0.2, 0.25) is 5.02 Å². The molecule has 1 atom stereocenters. The summed E-state index contributed by atoms with van der Waals surface area (Å²) < 4.78 is 19.1. The van der Waals surface area contributed by atoms with Gasteiger partial charge in [0, 0.05) is 24.5 Å². The van der Waals surface area contributed by atoms with Crippen LogP contribution in [-0.4, -0.2) is 35.9 Å². The van der Waals surface area contributed by atoms with E-state index in [0.717, 1.165) is 5.56 Å². The molecular weight excluding hydrogens is 443 g/mol. The van der Waals surface area contributed by atoms with Crippen LogP contribution in [0.15, 0.2) is 78.9 Å². The maximum Gasteiger partial charge on any atom is 0.261 e. The van der Waals surface area contributed by atoms with Gasteiger partial charge in [0.2, 0.25) is 5.91 Å². The molecule has 0 saturated carbocycles. The Balaban J connectivity index is 1.87. The average Bonchev–Trinajstić information content (AvgIpc) is 2.82. The van der Waals surface area contributed by atoms with E-state index in [2.05, 4.69) is 5.32 Å². The lowest BCUT2D eigenvalue weighted by atomic mass is 10.0. The summed E-state index contributed by atoms with van der Waals surface area (Å²) in [4.78, 5) is 27.8. The predicted molar refractivity (Wildman–Crippen MR) is 127 cm³/mol. The zero-order valence-corrected chi connectivity index (χ0v) is 19.1. The normalized spacial score (nSPS) is 11.5. The molecule has 0 fully saturated rings. The average molecular weight is 469 g/mol. The summed E-state index contributed by atoms with van der Waals surface area (Å²) in [6, 6.07) is 21.3. The first-order valence-corrected chi connectivity index (χ1v) is 11.1. The zero-order valence-electron chi connectivity index (χ0n) is 18.3. The lowest BCUT2D eigenvalue weighted by molar-refractivity contribution is -0.142. The van der Waals surface area contributed by atoms with Crippen molar-refractivity contribution in [2.24, 2.45) is 0 Å². The second-order valence-corrected chi connectivity index (χ2v) is 7.93. The minimum Gasteiger partial charge on any atom is -0.484 e. The molecule has 1 N–H and O–H groups in total. The molecule has 172 valence electrons. The quantitative estimate of drug-likeness (QED) is 0.472. The highest BCUT2D eigenvalue weighted by molar-refractivity contribution is 6.30. The number of hydrogen-bond acceptors (Lipinski definition) is 3. The number of nitrogens with zero attached hydrogens (tertiary/aromatic N) is 1. The van der Waals surface area contributed by atoms with Crippen molar-refractivity contribution in [2.45, 2.75) is 25.9 Å². The first-order valence-electron chi connectivity index (χ1n) is 10.7. The molecule has 0 aliphatic carbocycles. The molecule has 0 bridgehead atoms. The molecule has 7 heteroatoms. The van der Waals surface area contributed by atoms with Gasteiger partial charge in [0.05, 0.1) is 0 Å². The fourth-order valence-electron chi connectivity index (χ4n) is 3.39. The van der Waals surface area contributed by atoms with Crippen LogP contribution >= 0.6 is 11.6 Å². The number of carbonyl (C=O) groups is 2. The number of ether oxygens (including phenoxy) is 1. The highest BCUT2D eigenvalue weighted by Crippen LogP contribution is 2.18. The summed E-state index contributed by atoms with van der Waals surface area (Å²) in [5, 5.41) is 3.39. The Kier molecular flexibility index (Phi) is 8.84. The van der Waals surface area contributed by atoms with Gasteiger partial charge in [-0.2, -0.15) is 0 Å². The number of benzene rings is 3. The molecule has 0 aliphatic heterocycles. The van der Waals surface area contributed by atoms with Crippen LogP contribution in [0.5, 0.6) is 5.75 Å². The molecule has 0 aliphatic rings. The topological polar surface area (TPSA) is 58.6 Å². The Morgan fingerprint density at radius 2 is 1.64 bits per heavy atom. The van der Waals surface area contributed by atoms with E-state index in [9.17, 15) is 14.0 Å². The monoisotopic (exact) mass is 468 g/mol. The van der Waals surface area contributed by atoms with Crippen molar-refractivity contribution in [2.75, 3.05) is 13.2 Å². The SMILES string of the molecule is CCNC(=O)C(Cc1ccccc1)N(Cc1ccc(F)cc1)C(=O)COc1ccc(Cl)cc1. The summed E-state index contributed by atoms with van der Waals surface area (Å²) in [6.07, 6.45) is 0.334. The molecule has 0 heterocycles. The molecule has 1 unspecified atom stereocenters. The van der Waals surface area contributed by atoms with E-state index >= 15 is 0 Å². The third-order valence-corrected chi connectivity index (χ3v) is 5.32. The van der Waals surface area contributed by atoms with Crippen molar-refractivity contribution < 1.29 is 18.7 Å². The Labute approximate surface area is 198 Å². The first-order chi connectivity index (χ1) is 16.0. The Bertz CT molecular complexity index is 1040. The van der Waals surface area contributed by atoms with E-state index in [-0.39, 0.29) is 30.8 Å². The van der Waals surface area contributed by atoms with Gasteiger partial charge in [0.1, 0.15) is 17.6 Å². The van der Waals surface area contributed by atoms with E-state index in [0.29, 0.717) is 29.3 Å². The number of likely N-dealkylation sites (N-methyl/N-ethyl adjacent to an activating group) is 1. The van der Waals surface area contributed by atoms with Gasteiger partial charge in [0.15, 0.2) is 6.61 Å². The molecule has 33 heavy (non-hydrogen) atoms. The molecule has 0 aromatic heterocycles. The third kappa shape index (κ3) is 7.32. The first kappa shape index (κ1) is 24.3. The maximum absolute atomic E-state index is 13.4. The van der Waals surface area contributed by atoms with Crippen LogP contribution in [0.25, 0.3) is 0 Å². The number of nitrogens with one attached hydrogen (secondary N) is 1. The number of halogens is 2. The van der Waals surface area contributed by atoms with Gasteiger partial charge in [-0.25, -0.2) is 4.39 Å². The number of amides is 2. The Hall–Kier alpha value is -3.38. The number of rotatable bonds is 10. The molecule has 3 aromatic rings. The minimum absolute atomic E-state index is 0.137. The lowest BCUT2D eigenvalue weighted by Gasteiger charge is -2.31. The van der Waals surface area contributed by atoms with Gasteiger partial charge in [-0.05, 0) is 54.4 Å².